The molecule has 1 aliphatic rings. The van der Waals surface area contributed by atoms with Gasteiger partial charge in [-0.05, 0) is 71.3 Å². The van der Waals surface area contributed by atoms with Crippen LogP contribution in [0.25, 0.3) is 0 Å². The van der Waals surface area contributed by atoms with Crippen molar-refractivity contribution in [3.05, 3.63) is 23.4 Å². The number of nitrogens with zero attached hydrogens (tertiary/aromatic N) is 2. The number of aryl methyl sites for hydroxylation is 1. The van der Waals surface area contributed by atoms with Crippen molar-refractivity contribution in [1.82, 2.24) is 15.2 Å². The van der Waals surface area contributed by atoms with Gasteiger partial charge < -0.3 is 16.0 Å². The fourth-order valence-corrected chi connectivity index (χ4v) is 3.90. The topological polar surface area (TPSA) is 54.2 Å². The molecular weight excluding hydrogens is 260 g/mol. The Kier molecular flexibility index (Phi) is 4.89. The molecule has 4 heteroatoms. The maximum Gasteiger partial charge on any atom is 0.128 e. The van der Waals surface area contributed by atoms with E-state index in [1.54, 1.807) is 6.20 Å². The van der Waals surface area contributed by atoms with Gasteiger partial charge in [0.15, 0.2) is 0 Å². The molecule has 2 rings (SSSR count). The molecule has 1 aliphatic carbocycles. The van der Waals surface area contributed by atoms with E-state index in [-0.39, 0.29) is 11.6 Å². The van der Waals surface area contributed by atoms with Gasteiger partial charge in [-0.3, -0.25) is 0 Å². The van der Waals surface area contributed by atoms with Crippen LogP contribution in [0.2, 0.25) is 0 Å². The molecule has 1 saturated carbocycles. The van der Waals surface area contributed by atoms with Crippen LogP contribution >= 0.6 is 0 Å². The van der Waals surface area contributed by atoms with Gasteiger partial charge in [-0.15, -0.1) is 0 Å². The molecule has 0 aromatic carbocycles. The predicted molar refractivity (Wildman–Crippen MR) is 89.2 cm³/mol. The van der Waals surface area contributed by atoms with Crippen molar-refractivity contribution in [3.63, 3.8) is 0 Å². The third-order valence-corrected chi connectivity index (χ3v) is 5.38. The Morgan fingerprint density at radius 2 is 2.00 bits per heavy atom. The van der Waals surface area contributed by atoms with Gasteiger partial charge in [0.2, 0.25) is 0 Å². The van der Waals surface area contributed by atoms with E-state index in [4.69, 9.17) is 5.73 Å². The molecule has 21 heavy (non-hydrogen) atoms. The summed E-state index contributed by atoms with van der Waals surface area (Å²) in [6, 6.07) is 2.28. The summed E-state index contributed by atoms with van der Waals surface area (Å²) in [6.07, 6.45) is 6.73. The number of pyridine rings is 1. The molecule has 118 valence electrons. The van der Waals surface area contributed by atoms with E-state index >= 15 is 0 Å². The second-order valence-corrected chi connectivity index (χ2v) is 6.83. The summed E-state index contributed by atoms with van der Waals surface area (Å²) in [5, 5.41) is 3.55. The molecule has 1 atom stereocenters. The van der Waals surface area contributed by atoms with E-state index in [1.165, 1.54) is 36.8 Å². The average molecular weight is 290 g/mol. The molecule has 1 aromatic rings. The number of nitrogen functional groups attached to an aromatic ring is 1. The molecule has 1 unspecified atom stereocenters. The smallest absolute Gasteiger partial charge is 0.128 e. The van der Waals surface area contributed by atoms with Gasteiger partial charge in [-0.25, -0.2) is 4.98 Å². The van der Waals surface area contributed by atoms with Crippen molar-refractivity contribution in [1.29, 1.82) is 0 Å². The molecule has 0 amide bonds. The number of rotatable bonds is 4. The highest BCUT2D eigenvalue weighted by Gasteiger charge is 2.44. The Morgan fingerprint density at radius 1 is 1.38 bits per heavy atom. The quantitative estimate of drug-likeness (QED) is 0.895. The minimum absolute atomic E-state index is 0.114. The SMILES string of the molecule is CNC(c1c(C)ccnc1N)C1(N(C)C)CCC(C)CC1. The van der Waals surface area contributed by atoms with Crippen molar-refractivity contribution >= 4 is 5.82 Å². The first kappa shape index (κ1) is 16.2. The van der Waals surface area contributed by atoms with Crippen LogP contribution in [0.4, 0.5) is 5.82 Å². The Labute approximate surface area is 129 Å². The fraction of sp³-hybridized carbons (Fsp3) is 0.706. The van der Waals surface area contributed by atoms with Crippen LogP contribution in [0.3, 0.4) is 0 Å². The van der Waals surface area contributed by atoms with Gasteiger partial charge >= 0.3 is 0 Å². The zero-order valence-electron chi connectivity index (χ0n) is 14.1. The van der Waals surface area contributed by atoms with Gasteiger partial charge in [0.05, 0.1) is 6.04 Å². The molecule has 3 N–H and O–H groups in total. The molecule has 4 nitrogen and oxygen atoms in total. The summed E-state index contributed by atoms with van der Waals surface area (Å²) in [6.45, 7) is 4.49. The van der Waals surface area contributed by atoms with E-state index in [1.807, 2.05) is 7.05 Å². The van der Waals surface area contributed by atoms with E-state index in [0.29, 0.717) is 5.82 Å². The monoisotopic (exact) mass is 290 g/mol. The number of nitrogens with two attached hydrogens (primary N) is 1. The van der Waals surface area contributed by atoms with E-state index in [2.05, 4.69) is 49.2 Å². The van der Waals surface area contributed by atoms with Crippen molar-refractivity contribution in [2.75, 3.05) is 26.9 Å². The third-order valence-electron chi connectivity index (χ3n) is 5.38. The lowest BCUT2D eigenvalue weighted by molar-refractivity contribution is 0.0455. The van der Waals surface area contributed by atoms with Crippen LogP contribution in [0.15, 0.2) is 12.3 Å². The standard InChI is InChI=1S/C17H30N4/c1-12-6-9-17(10-7-12,21(4)5)15(19-3)14-13(2)8-11-20-16(14)18/h8,11-12,15,19H,6-7,9-10H2,1-5H3,(H2,18,20). The van der Waals surface area contributed by atoms with Crippen LogP contribution in [0.1, 0.15) is 49.8 Å². The van der Waals surface area contributed by atoms with E-state index < -0.39 is 0 Å². The van der Waals surface area contributed by atoms with Gasteiger partial charge in [0.25, 0.3) is 0 Å². The normalized spacial score (nSPS) is 27.8. The number of hydrogen-bond donors (Lipinski definition) is 2. The fourth-order valence-electron chi connectivity index (χ4n) is 3.90. The first-order chi connectivity index (χ1) is 9.92. The maximum atomic E-state index is 6.22. The first-order valence-electron chi connectivity index (χ1n) is 7.98. The van der Waals surface area contributed by atoms with Crippen molar-refractivity contribution < 1.29 is 0 Å². The van der Waals surface area contributed by atoms with Crippen molar-refractivity contribution in [2.45, 2.75) is 51.1 Å². The Morgan fingerprint density at radius 3 is 2.48 bits per heavy atom. The van der Waals surface area contributed by atoms with Crippen LogP contribution < -0.4 is 11.1 Å². The second kappa shape index (κ2) is 6.32. The van der Waals surface area contributed by atoms with Gasteiger partial charge in [0.1, 0.15) is 5.82 Å². The number of likely N-dealkylation sites (N-methyl/N-ethyl adjacent to an activating group) is 2. The predicted octanol–water partition coefficient (Wildman–Crippen LogP) is 2.74. The third kappa shape index (κ3) is 2.92. The molecule has 1 heterocycles. The highest BCUT2D eigenvalue weighted by Crippen LogP contribution is 2.45. The minimum Gasteiger partial charge on any atom is -0.383 e. The van der Waals surface area contributed by atoms with Crippen LogP contribution in [-0.2, 0) is 0 Å². The number of nitrogens with one attached hydrogen (secondary N) is 1. The zero-order chi connectivity index (χ0) is 15.6. The van der Waals surface area contributed by atoms with Crippen LogP contribution in [0, 0.1) is 12.8 Å². The average Bonchev–Trinajstić information content (AvgIpc) is 2.44. The van der Waals surface area contributed by atoms with Gasteiger partial charge in [-0.1, -0.05) is 6.92 Å². The number of aromatic nitrogens is 1. The molecule has 1 fully saturated rings. The Hall–Kier alpha value is -1.13. The Balaban J connectivity index is 2.46. The molecule has 0 spiro atoms. The first-order valence-corrected chi connectivity index (χ1v) is 7.98. The number of hydrogen-bond acceptors (Lipinski definition) is 4. The van der Waals surface area contributed by atoms with E-state index in [0.717, 1.165) is 5.92 Å². The highest BCUT2D eigenvalue weighted by molar-refractivity contribution is 5.47. The van der Waals surface area contributed by atoms with E-state index in [9.17, 15) is 0 Å². The maximum absolute atomic E-state index is 6.22. The second-order valence-electron chi connectivity index (χ2n) is 6.83. The summed E-state index contributed by atoms with van der Waals surface area (Å²) in [5.41, 5.74) is 8.73. The van der Waals surface area contributed by atoms with Crippen LogP contribution in [0.5, 0.6) is 0 Å². The van der Waals surface area contributed by atoms with Crippen LogP contribution in [-0.4, -0.2) is 36.6 Å². The van der Waals surface area contributed by atoms with Gasteiger partial charge in [-0.2, -0.15) is 0 Å². The zero-order valence-corrected chi connectivity index (χ0v) is 14.1. The molecule has 0 saturated heterocycles. The van der Waals surface area contributed by atoms with Gasteiger partial charge in [0, 0.05) is 17.3 Å². The molecular formula is C17H30N4. The molecule has 0 radical (unpaired) electrons. The summed E-state index contributed by atoms with van der Waals surface area (Å²) >= 11 is 0. The molecule has 1 aromatic heterocycles. The minimum atomic E-state index is 0.114. The lowest BCUT2D eigenvalue weighted by Crippen LogP contribution is -2.55. The lowest BCUT2D eigenvalue weighted by Gasteiger charge is -2.50. The summed E-state index contributed by atoms with van der Waals surface area (Å²) in [7, 11) is 6.43. The number of anilines is 1. The van der Waals surface area contributed by atoms with Crippen molar-refractivity contribution in [3.8, 4) is 0 Å². The Bertz CT molecular complexity index is 455. The summed E-state index contributed by atoms with van der Waals surface area (Å²) < 4.78 is 0. The molecule has 0 aliphatic heterocycles. The lowest BCUT2D eigenvalue weighted by atomic mass is 9.70. The molecule has 0 bridgehead atoms. The largest absolute Gasteiger partial charge is 0.383 e. The summed E-state index contributed by atoms with van der Waals surface area (Å²) in [4.78, 5) is 6.72. The summed E-state index contributed by atoms with van der Waals surface area (Å²) in [5.74, 6) is 1.48. The highest BCUT2D eigenvalue weighted by atomic mass is 15.2. The van der Waals surface area contributed by atoms with Crippen molar-refractivity contribution in [2.24, 2.45) is 5.92 Å².